The molecule has 2 rings (SSSR count). The molecule has 0 heterocycles. The van der Waals surface area contributed by atoms with E-state index in [1.54, 1.807) is 0 Å². The van der Waals surface area contributed by atoms with Gasteiger partial charge >= 0.3 is 0 Å². The summed E-state index contributed by atoms with van der Waals surface area (Å²) in [6.07, 6.45) is 0. The summed E-state index contributed by atoms with van der Waals surface area (Å²) in [6, 6.07) is 10.6. The van der Waals surface area contributed by atoms with Gasteiger partial charge in [-0.25, -0.2) is 0 Å². The zero-order valence-electron chi connectivity index (χ0n) is 11.8. The molecule has 2 aromatic rings. The van der Waals surface area contributed by atoms with Crippen molar-refractivity contribution in [3.8, 4) is 11.5 Å². The summed E-state index contributed by atoms with van der Waals surface area (Å²) in [6.45, 7) is 10.5. The van der Waals surface area contributed by atoms with Crippen LogP contribution < -0.4 is 4.74 Å². The Bertz CT molecular complexity index is 562. The molecule has 0 aliphatic carbocycles. The van der Waals surface area contributed by atoms with Crippen molar-refractivity contribution in [2.75, 3.05) is 0 Å². The van der Waals surface area contributed by atoms with Crippen LogP contribution in [-0.4, -0.2) is 0 Å². The maximum atomic E-state index is 6.08. The van der Waals surface area contributed by atoms with Gasteiger partial charge in [0, 0.05) is 0 Å². The predicted octanol–water partition coefficient (Wildman–Crippen LogP) is 5.02. The third-order valence-electron chi connectivity index (χ3n) is 3.29. The molecule has 0 saturated carbocycles. The molecule has 0 amide bonds. The highest BCUT2D eigenvalue weighted by Crippen LogP contribution is 2.31. The molecule has 0 radical (unpaired) electrons. The molecule has 0 atom stereocenters. The van der Waals surface area contributed by atoms with Crippen LogP contribution in [0.15, 0.2) is 30.3 Å². The van der Waals surface area contributed by atoms with E-state index in [-0.39, 0.29) is 0 Å². The summed E-state index contributed by atoms with van der Waals surface area (Å²) >= 11 is 0. The van der Waals surface area contributed by atoms with Crippen LogP contribution >= 0.6 is 0 Å². The van der Waals surface area contributed by atoms with Gasteiger partial charge in [0.15, 0.2) is 0 Å². The quantitative estimate of drug-likeness (QED) is 0.716. The smallest absolute Gasteiger partial charge is 0.133 e. The normalized spacial score (nSPS) is 10.5. The Morgan fingerprint density at radius 3 is 1.89 bits per heavy atom. The first-order valence-electron chi connectivity index (χ1n) is 6.30. The lowest BCUT2D eigenvalue weighted by Crippen LogP contribution is -1.94. The molecule has 0 fully saturated rings. The first kappa shape index (κ1) is 12.7. The van der Waals surface area contributed by atoms with Crippen molar-refractivity contribution in [2.24, 2.45) is 0 Å². The SMILES string of the molecule is Cc1cc(C)cc(Oc2c(C)ccc(C)c2C)c1. The van der Waals surface area contributed by atoms with Crippen LogP contribution in [0, 0.1) is 34.6 Å². The van der Waals surface area contributed by atoms with Crippen LogP contribution in [0.4, 0.5) is 0 Å². The average Bonchev–Trinajstić information content (AvgIpc) is 2.28. The van der Waals surface area contributed by atoms with Gasteiger partial charge in [-0.2, -0.15) is 0 Å². The fraction of sp³-hybridized carbons (Fsp3) is 0.294. The van der Waals surface area contributed by atoms with Crippen molar-refractivity contribution in [3.05, 3.63) is 58.1 Å². The molecule has 94 valence electrons. The minimum atomic E-state index is 0.921. The van der Waals surface area contributed by atoms with E-state index in [2.05, 4.69) is 65.0 Å². The molecule has 2 aromatic carbocycles. The zero-order chi connectivity index (χ0) is 13.3. The van der Waals surface area contributed by atoms with Crippen molar-refractivity contribution in [1.29, 1.82) is 0 Å². The van der Waals surface area contributed by atoms with Gasteiger partial charge in [-0.1, -0.05) is 18.2 Å². The van der Waals surface area contributed by atoms with Crippen LogP contribution in [0.25, 0.3) is 0 Å². The monoisotopic (exact) mass is 240 g/mol. The number of benzene rings is 2. The number of aryl methyl sites for hydroxylation is 4. The third kappa shape index (κ3) is 2.56. The Labute approximate surface area is 109 Å². The molecule has 18 heavy (non-hydrogen) atoms. The summed E-state index contributed by atoms with van der Waals surface area (Å²) in [5, 5.41) is 0. The van der Waals surface area contributed by atoms with Crippen LogP contribution in [-0.2, 0) is 0 Å². The van der Waals surface area contributed by atoms with E-state index in [1.807, 2.05) is 0 Å². The van der Waals surface area contributed by atoms with Crippen LogP contribution in [0.1, 0.15) is 27.8 Å². The fourth-order valence-corrected chi connectivity index (χ4v) is 2.19. The van der Waals surface area contributed by atoms with Gasteiger partial charge in [-0.05, 0) is 74.6 Å². The molecule has 0 aliphatic rings. The molecular formula is C17H20O. The molecule has 0 saturated heterocycles. The van der Waals surface area contributed by atoms with E-state index in [4.69, 9.17) is 4.74 Å². The van der Waals surface area contributed by atoms with E-state index >= 15 is 0 Å². The Kier molecular flexibility index (Phi) is 3.42. The standard InChI is InChI=1S/C17H20O/c1-11-8-12(2)10-16(9-11)18-17-14(4)7-6-13(3)15(17)5/h6-10H,1-5H3. The lowest BCUT2D eigenvalue weighted by Gasteiger charge is -2.14. The van der Waals surface area contributed by atoms with Gasteiger partial charge < -0.3 is 4.74 Å². The first-order chi connectivity index (χ1) is 8.47. The van der Waals surface area contributed by atoms with E-state index in [9.17, 15) is 0 Å². The summed E-state index contributed by atoms with van der Waals surface area (Å²) < 4.78 is 6.08. The molecule has 0 bridgehead atoms. The third-order valence-corrected chi connectivity index (χ3v) is 3.29. The first-order valence-corrected chi connectivity index (χ1v) is 6.30. The van der Waals surface area contributed by atoms with E-state index < -0.39 is 0 Å². The average molecular weight is 240 g/mol. The molecule has 0 unspecified atom stereocenters. The number of hydrogen-bond donors (Lipinski definition) is 0. The maximum Gasteiger partial charge on any atom is 0.133 e. The molecule has 0 aliphatic heterocycles. The van der Waals surface area contributed by atoms with Gasteiger partial charge in [0.1, 0.15) is 11.5 Å². The molecule has 1 nitrogen and oxygen atoms in total. The maximum absolute atomic E-state index is 6.08. The van der Waals surface area contributed by atoms with Crippen molar-refractivity contribution in [3.63, 3.8) is 0 Å². The largest absolute Gasteiger partial charge is 0.457 e. The Morgan fingerprint density at radius 1 is 0.722 bits per heavy atom. The van der Waals surface area contributed by atoms with Gasteiger partial charge in [-0.3, -0.25) is 0 Å². The summed E-state index contributed by atoms with van der Waals surface area (Å²) in [7, 11) is 0. The Hall–Kier alpha value is -1.76. The molecule has 0 aromatic heterocycles. The zero-order valence-corrected chi connectivity index (χ0v) is 11.8. The summed E-state index contributed by atoms with van der Waals surface area (Å²) in [5.74, 6) is 1.91. The Balaban J connectivity index is 2.42. The Morgan fingerprint density at radius 2 is 1.28 bits per heavy atom. The minimum absolute atomic E-state index is 0.921. The van der Waals surface area contributed by atoms with E-state index in [1.165, 1.54) is 27.8 Å². The highest BCUT2D eigenvalue weighted by molar-refractivity contribution is 5.47. The number of hydrogen-bond acceptors (Lipinski definition) is 1. The molecular weight excluding hydrogens is 220 g/mol. The number of ether oxygens (including phenoxy) is 1. The van der Waals surface area contributed by atoms with Crippen molar-refractivity contribution in [2.45, 2.75) is 34.6 Å². The van der Waals surface area contributed by atoms with Gasteiger partial charge in [0.2, 0.25) is 0 Å². The highest BCUT2D eigenvalue weighted by atomic mass is 16.5. The summed E-state index contributed by atoms with van der Waals surface area (Å²) in [4.78, 5) is 0. The van der Waals surface area contributed by atoms with Crippen molar-refractivity contribution in [1.82, 2.24) is 0 Å². The van der Waals surface area contributed by atoms with Crippen LogP contribution in [0.3, 0.4) is 0 Å². The lowest BCUT2D eigenvalue weighted by molar-refractivity contribution is 0.474. The van der Waals surface area contributed by atoms with Crippen LogP contribution in [0.2, 0.25) is 0 Å². The second-order valence-corrected chi connectivity index (χ2v) is 5.08. The van der Waals surface area contributed by atoms with E-state index in [0.29, 0.717) is 0 Å². The van der Waals surface area contributed by atoms with E-state index in [0.717, 1.165) is 11.5 Å². The van der Waals surface area contributed by atoms with Crippen molar-refractivity contribution < 1.29 is 4.74 Å². The van der Waals surface area contributed by atoms with Gasteiger partial charge in [-0.15, -0.1) is 0 Å². The molecule has 0 spiro atoms. The number of rotatable bonds is 2. The molecule has 0 N–H and O–H groups in total. The second-order valence-electron chi connectivity index (χ2n) is 5.08. The lowest BCUT2D eigenvalue weighted by atomic mass is 10.1. The highest BCUT2D eigenvalue weighted by Gasteiger charge is 2.08. The van der Waals surface area contributed by atoms with Crippen LogP contribution in [0.5, 0.6) is 11.5 Å². The van der Waals surface area contributed by atoms with Crippen molar-refractivity contribution >= 4 is 0 Å². The fourth-order valence-electron chi connectivity index (χ4n) is 2.19. The summed E-state index contributed by atoms with van der Waals surface area (Å²) in [5.41, 5.74) is 6.12. The topological polar surface area (TPSA) is 9.23 Å². The molecule has 1 heteroatoms. The van der Waals surface area contributed by atoms with Gasteiger partial charge in [0.05, 0.1) is 0 Å². The predicted molar refractivity (Wildman–Crippen MR) is 76.6 cm³/mol. The minimum Gasteiger partial charge on any atom is -0.457 e. The second kappa shape index (κ2) is 4.85. The van der Waals surface area contributed by atoms with Gasteiger partial charge in [0.25, 0.3) is 0 Å².